The zero-order chi connectivity index (χ0) is 30.2. The van der Waals surface area contributed by atoms with E-state index in [2.05, 4.69) is 62.6 Å². The molecule has 1 spiro atoms. The molecule has 4 aliphatic heterocycles. The molecule has 0 aromatic heterocycles. The van der Waals surface area contributed by atoms with E-state index in [1.165, 1.54) is 25.8 Å². The van der Waals surface area contributed by atoms with Gasteiger partial charge in [-0.25, -0.2) is 4.79 Å². The number of amides is 2. The number of hydrogen-bond donors (Lipinski definition) is 0. The molecule has 6 rings (SSSR count). The van der Waals surface area contributed by atoms with E-state index in [1.807, 2.05) is 20.8 Å². The monoisotopic (exact) mass is 579 g/mol. The standard InChI is InChI=1S/C33H50BN3O5/c1-22-11-9-10-16-36(22)24-20-25(21-24)37-27-19-23(34-41-31(5,6)32(7,8)42-34)12-13-26(27)33(28(37)38)14-17-35(18-15-33)29(39)40-30(2,3)4/h12-13,19,22,24-25H,9-11,14-18,20-21H2,1-8H3/t22-,24?,25?/m0/s1. The molecule has 3 saturated heterocycles. The van der Waals surface area contributed by atoms with Crippen LogP contribution >= 0.6 is 0 Å². The van der Waals surface area contributed by atoms with E-state index in [-0.39, 0.29) is 18.0 Å². The summed E-state index contributed by atoms with van der Waals surface area (Å²) < 4.78 is 18.5. The SMILES string of the molecule is C[C@H]1CCCCN1C1CC(N2C(=O)C3(CCN(C(=O)OC(C)(C)C)CC3)c3ccc(B4OC(C)(C)C(C)(C)O4)cc32)C1. The molecule has 0 N–H and O–H groups in total. The topological polar surface area (TPSA) is 71.6 Å². The molecule has 1 aromatic rings. The maximum absolute atomic E-state index is 14.6. The van der Waals surface area contributed by atoms with Gasteiger partial charge in [-0.15, -0.1) is 0 Å². The van der Waals surface area contributed by atoms with Gasteiger partial charge in [0, 0.05) is 36.9 Å². The molecule has 2 amide bonds. The largest absolute Gasteiger partial charge is 0.494 e. The van der Waals surface area contributed by atoms with E-state index >= 15 is 0 Å². The van der Waals surface area contributed by atoms with Gasteiger partial charge in [0.05, 0.1) is 16.6 Å². The third-order valence-electron chi connectivity index (χ3n) is 11.0. The van der Waals surface area contributed by atoms with E-state index in [0.717, 1.165) is 29.6 Å². The number of piperidine rings is 2. The van der Waals surface area contributed by atoms with Crippen LogP contribution in [-0.2, 0) is 24.3 Å². The van der Waals surface area contributed by atoms with Crippen molar-refractivity contribution in [2.75, 3.05) is 24.5 Å². The highest BCUT2D eigenvalue weighted by Crippen LogP contribution is 2.51. The Balaban J connectivity index is 1.28. The lowest BCUT2D eigenvalue weighted by Gasteiger charge is -2.50. The Labute approximate surface area is 252 Å². The van der Waals surface area contributed by atoms with Gasteiger partial charge in [-0.1, -0.05) is 18.6 Å². The second-order valence-electron chi connectivity index (χ2n) is 15.5. The zero-order valence-electron chi connectivity index (χ0n) is 27.0. The first-order valence-corrected chi connectivity index (χ1v) is 16.2. The molecule has 1 aromatic carbocycles. The van der Waals surface area contributed by atoms with E-state index in [4.69, 9.17) is 14.0 Å². The molecule has 0 unspecified atom stereocenters. The average molecular weight is 580 g/mol. The summed E-state index contributed by atoms with van der Waals surface area (Å²) in [6.07, 6.45) is 6.78. The molecule has 1 atom stereocenters. The van der Waals surface area contributed by atoms with Gasteiger partial charge < -0.3 is 23.8 Å². The predicted octanol–water partition coefficient (Wildman–Crippen LogP) is 5.01. The number of fused-ring (bicyclic) bond motifs is 2. The maximum atomic E-state index is 14.6. The Hall–Kier alpha value is -2.10. The van der Waals surface area contributed by atoms with Gasteiger partial charge in [-0.2, -0.15) is 0 Å². The van der Waals surface area contributed by atoms with Crippen LogP contribution in [0.5, 0.6) is 0 Å². The van der Waals surface area contributed by atoms with Crippen LogP contribution in [0.1, 0.15) is 106 Å². The molecular weight excluding hydrogens is 529 g/mol. The molecule has 4 fully saturated rings. The molecule has 230 valence electrons. The predicted molar refractivity (Wildman–Crippen MR) is 165 cm³/mol. The average Bonchev–Trinajstić information content (AvgIpc) is 3.24. The number of carbonyl (C=O) groups excluding carboxylic acids is 2. The summed E-state index contributed by atoms with van der Waals surface area (Å²) in [4.78, 5) is 34.0. The highest BCUT2D eigenvalue weighted by molar-refractivity contribution is 6.62. The van der Waals surface area contributed by atoms with Crippen LogP contribution in [0.15, 0.2) is 18.2 Å². The van der Waals surface area contributed by atoms with E-state index in [0.29, 0.717) is 38.0 Å². The quantitative estimate of drug-likeness (QED) is 0.470. The zero-order valence-corrected chi connectivity index (χ0v) is 27.0. The fraction of sp³-hybridized carbons (Fsp3) is 0.758. The van der Waals surface area contributed by atoms with Crippen LogP contribution in [0.25, 0.3) is 0 Å². The number of rotatable bonds is 3. The highest BCUT2D eigenvalue weighted by Gasteiger charge is 2.57. The molecule has 4 heterocycles. The molecule has 1 aliphatic carbocycles. The van der Waals surface area contributed by atoms with Crippen LogP contribution in [0.4, 0.5) is 10.5 Å². The second kappa shape index (κ2) is 10.2. The third kappa shape index (κ3) is 4.97. The molecule has 0 radical (unpaired) electrons. The smallest absolute Gasteiger partial charge is 0.444 e. The number of likely N-dealkylation sites (tertiary alicyclic amines) is 2. The molecule has 5 aliphatic rings. The molecule has 0 bridgehead atoms. The van der Waals surface area contributed by atoms with Gasteiger partial charge >= 0.3 is 13.2 Å². The summed E-state index contributed by atoms with van der Waals surface area (Å²) in [6, 6.07) is 7.72. The molecule has 1 saturated carbocycles. The van der Waals surface area contributed by atoms with E-state index in [1.54, 1.807) is 4.90 Å². The second-order valence-corrected chi connectivity index (χ2v) is 15.5. The van der Waals surface area contributed by atoms with Crippen LogP contribution < -0.4 is 10.4 Å². The lowest BCUT2D eigenvalue weighted by atomic mass is 9.71. The van der Waals surface area contributed by atoms with Crippen molar-refractivity contribution in [3.05, 3.63) is 23.8 Å². The van der Waals surface area contributed by atoms with Gasteiger partial charge in [0.25, 0.3) is 0 Å². The minimum absolute atomic E-state index is 0.187. The number of benzene rings is 1. The fourth-order valence-corrected chi connectivity index (χ4v) is 7.68. The molecular formula is C33H50BN3O5. The summed E-state index contributed by atoms with van der Waals surface area (Å²) in [7, 11) is -0.480. The van der Waals surface area contributed by atoms with Gasteiger partial charge in [0.2, 0.25) is 5.91 Å². The Morgan fingerprint density at radius 2 is 1.62 bits per heavy atom. The first-order chi connectivity index (χ1) is 19.6. The number of ether oxygens (including phenoxy) is 1. The van der Waals surface area contributed by atoms with Crippen LogP contribution in [-0.4, -0.2) is 83.5 Å². The summed E-state index contributed by atoms with van der Waals surface area (Å²) >= 11 is 0. The van der Waals surface area contributed by atoms with Crippen molar-refractivity contribution in [3.8, 4) is 0 Å². The summed E-state index contributed by atoms with van der Waals surface area (Å²) in [5.74, 6) is 0.197. The van der Waals surface area contributed by atoms with Gasteiger partial charge in [-0.3, -0.25) is 9.69 Å². The van der Waals surface area contributed by atoms with Crippen molar-refractivity contribution in [2.45, 2.75) is 141 Å². The van der Waals surface area contributed by atoms with E-state index in [9.17, 15) is 9.59 Å². The highest BCUT2D eigenvalue weighted by atomic mass is 16.7. The molecule has 42 heavy (non-hydrogen) atoms. The van der Waals surface area contributed by atoms with Crippen LogP contribution in [0.2, 0.25) is 0 Å². The minimum atomic E-state index is -0.619. The van der Waals surface area contributed by atoms with Gasteiger partial charge in [0.1, 0.15) is 5.60 Å². The minimum Gasteiger partial charge on any atom is -0.444 e. The van der Waals surface area contributed by atoms with Crippen molar-refractivity contribution in [1.29, 1.82) is 0 Å². The lowest BCUT2D eigenvalue weighted by molar-refractivity contribution is -0.126. The Morgan fingerprint density at radius 3 is 2.21 bits per heavy atom. The van der Waals surface area contributed by atoms with Gasteiger partial charge in [0.15, 0.2) is 0 Å². The summed E-state index contributed by atoms with van der Waals surface area (Å²) in [6.45, 7) is 18.5. The third-order valence-corrected chi connectivity index (χ3v) is 11.0. The maximum Gasteiger partial charge on any atom is 0.494 e. The number of carbonyl (C=O) groups is 2. The lowest BCUT2D eigenvalue weighted by Crippen LogP contribution is -2.59. The number of nitrogens with zero attached hydrogens (tertiary/aromatic N) is 3. The van der Waals surface area contributed by atoms with Crippen molar-refractivity contribution in [2.24, 2.45) is 0 Å². The number of hydrogen-bond acceptors (Lipinski definition) is 6. The van der Waals surface area contributed by atoms with E-state index < -0.39 is 29.3 Å². The number of anilines is 1. The van der Waals surface area contributed by atoms with Crippen LogP contribution in [0, 0.1) is 0 Å². The fourth-order valence-electron chi connectivity index (χ4n) is 7.68. The molecule has 8 nitrogen and oxygen atoms in total. The van der Waals surface area contributed by atoms with Crippen molar-refractivity contribution >= 4 is 30.3 Å². The molecule has 9 heteroatoms. The van der Waals surface area contributed by atoms with Crippen molar-refractivity contribution < 1.29 is 23.6 Å². The van der Waals surface area contributed by atoms with Crippen LogP contribution in [0.3, 0.4) is 0 Å². The van der Waals surface area contributed by atoms with Crippen molar-refractivity contribution in [1.82, 2.24) is 9.80 Å². The summed E-state index contributed by atoms with van der Waals surface area (Å²) in [5, 5.41) is 0. The Kier molecular flexibility index (Phi) is 7.30. The van der Waals surface area contributed by atoms with Gasteiger partial charge in [-0.05, 0) is 118 Å². The van der Waals surface area contributed by atoms with Crippen molar-refractivity contribution in [3.63, 3.8) is 0 Å². The summed E-state index contributed by atoms with van der Waals surface area (Å²) in [5.41, 5.74) is 1.01. The normalized spacial score (nSPS) is 30.4. The first kappa shape index (κ1) is 30.0. The Morgan fingerprint density at radius 1 is 0.976 bits per heavy atom. The Bertz CT molecular complexity index is 1210. The first-order valence-electron chi connectivity index (χ1n) is 16.2.